The van der Waals surface area contributed by atoms with Crippen LogP contribution in [0.5, 0.6) is 0 Å². The summed E-state index contributed by atoms with van der Waals surface area (Å²) in [6.07, 6.45) is 0. The van der Waals surface area contributed by atoms with E-state index in [0.29, 0.717) is 0 Å². The number of rotatable bonds is 6. The molecule has 2 aliphatic rings. The second-order valence-corrected chi connectivity index (χ2v) is 31.1. The Hall–Kier alpha value is -13.8. The summed E-state index contributed by atoms with van der Waals surface area (Å²) in [5.41, 5.74) is 32.3. The van der Waals surface area contributed by atoms with E-state index in [0.717, 1.165) is 87.8 Å². The third-order valence-electron chi connectivity index (χ3n) is 24.6. The van der Waals surface area contributed by atoms with Crippen LogP contribution in [0.1, 0.15) is 49.9 Å². The topological polar surface area (TPSA) is 52.6 Å². The number of para-hydroxylation sites is 4. The molecular formula is C106H68O4. The monoisotopic (exact) mass is 1400 g/mol. The third kappa shape index (κ3) is 9.08. The first-order chi connectivity index (χ1) is 54.1. The minimum Gasteiger partial charge on any atom is -0.456 e. The van der Waals surface area contributed by atoms with Crippen molar-refractivity contribution in [3.63, 3.8) is 0 Å². The van der Waals surface area contributed by atoms with Crippen LogP contribution in [0.3, 0.4) is 0 Å². The summed E-state index contributed by atoms with van der Waals surface area (Å²) >= 11 is 0. The van der Waals surface area contributed by atoms with Crippen molar-refractivity contribution in [1.29, 1.82) is 0 Å². The van der Waals surface area contributed by atoms with Crippen molar-refractivity contribution in [2.24, 2.45) is 0 Å². The van der Waals surface area contributed by atoms with Gasteiger partial charge in [-0.3, -0.25) is 0 Å². The lowest BCUT2D eigenvalue weighted by Gasteiger charge is -2.22. The van der Waals surface area contributed by atoms with Crippen molar-refractivity contribution in [3.8, 4) is 89.0 Å². The summed E-state index contributed by atoms with van der Waals surface area (Å²) in [7, 11) is 0. The van der Waals surface area contributed by atoms with Gasteiger partial charge in [0.15, 0.2) is 0 Å². The summed E-state index contributed by atoms with van der Waals surface area (Å²) in [4.78, 5) is 0. The number of hydrogen-bond acceptors (Lipinski definition) is 4. The van der Waals surface area contributed by atoms with Crippen molar-refractivity contribution < 1.29 is 17.7 Å². The first-order valence-corrected chi connectivity index (χ1v) is 38.2. The van der Waals surface area contributed by atoms with E-state index in [-0.39, 0.29) is 10.8 Å². The maximum atomic E-state index is 6.41. The molecule has 0 fully saturated rings. The van der Waals surface area contributed by atoms with Crippen molar-refractivity contribution in [3.05, 3.63) is 362 Å². The van der Waals surface area contributed by atoms with Crippen molar-refractivity contribution in [2.45, 2.75) is 38.5 Å². The van der Waals surface area contributed by atoms with Gasteiger partial charge in [0, 0.05) is 53.9 Å². The van der Waals surface area contributed by atoms with Crippen LogP contribution < -0.4 is 0 Å². The Morgan fingerprint density at radius 2 is 0.445 bits per heavy atom. The van der Waals surface area contributed by atoms with Gasteiger partial charge in [-0.1, -0.05) is 282 Å². The molecule has 4 heterocycles. The Kier molecular flexibility index (Phi) is 13.2. The first kappa shape index (κ1) is 62.4. The van der Waals surface area contributed by atoms with E-state index in [2.05, 4.69) is 331 Å². The molecule has 0 bridgehead atoms. The zero-order valence-electron chi connectivity index (χ0n) is 61.0. The van der Waals surface area contributed by atoms with Gasteiger partial charge < -0.3 is 17.7 Å². The molecule has 0 spiro atoms. The van der Waals surface area contributed by atoms with Crippen molar-refractivity contribution >= 4 is 131 Å². The molecule has 4 heteroatoms. The lowest BCUT2D eigenvalue weighted by molar-refractivity contribution is 0.660. The second-order valence-electron chi connectivity index (χ2n) is 31.1. The molecule has 18 aromatic carbocycles. The second kappa shape index (κ2) is 23.4. The number of benzene rings is 18. The molecule has 24 rings (SSSR count). The predicted octanol–water partition coefficient (Wildman–Crippen LogP) is 30.2. The molecule has 0 amide bonds. The Labute approximate surface area is 633 Å². The highest BCUT2D eigenvalue weighted by Crippen LogP contribution is 2.55. The van der Waals surface area contributed by atoms with Crippen LogP contribution in [0, 0.1) is 0 Å². The van der Waals surface area contributed by atoms with Crippen molar-refractivity contribution in [1.82, 2.24) is 0 Å². The van der Waals surface area contributed by atoms with Crippen molar-refractivity contribution in [2.75, 3.05) is 0 Å². The molecule has 0 N–H and O–H groups in total. The maximum absolute atomic E-state index is 6.41. The molecule has 110 heavy (non-hydrogen) atoms. The smallest absolute Gasteiger partial charge is 0.136 e. The van der Waals surface area contributed by atoms with Gasteiger partial charge >= 0.3 is 0 Å². The molecule has 516 valence electrons. The molecule has 0 atom stereocenters. The van der Waals surface area contributed by atoms with Gasteiger partial charge in [0.2, 0.25) is 0 Å². The Morgan fingerprint density at radius 1 is 0.164 bits per heavy atom. The van der Waals surface area contributed by atoms with Crippen LogP contribution in [0.4, 0.5) is 0 Å². The SMILES string of the molecule is CC1(C)c2ccccc2-c2cc(-c3c4cccc(-c5ccc6oc7ccccc7c6c5)c4cc4c(-c5ccc6oc7ccccc7c6c5)cccc34)ccc21.CC1(C)c2ccccc2-c2cc(-c3c4cccc(-c5cccc6oc7ccccc7c56)c4cc4c(-c5cccc6oc7ccccc7c56)cccc34)ccc21. The molecular weight excluding hydrogens is 1340 g/mol. The van der Waals surface area contributed by atoms with E-state index < -0.39 is 0 Å². The van der Waals surface area contributed by atoms with Gasteiger partial charge in [-0.15, -0.1) is 0 Å². The standard InChI is InChI=1S/2C53H34O2/c1-53(2)44-22-6-3-13-34(44)43-29-31(27-28-45(43)53)50-37-18-9-16-32(35-20-11-25-48-51(35)39-14-4-7-23-46(39)54-48)41(37)30-42-33(17-10-19-38(42)50)36-21-12-26-49-52(36)40-15-5-8-24-47(40)55-49;1-53(2)46-18-6-3-11-36(46)43-29-33(21-24-47(43)53)52-39-16-9-14-34(31-22-25-50-44(27-31)37-12-4-7-19-48(37)54-50)41(39)30-42-35(15-10-17-40(42)52)32-23-26-51-45(28-32)38-13-5-8-20-49(38)55-51/h2*3-30H,1-2H3. The molecule has 0 radical (unpaired) electrons. The lowest BCUT2D eigenvalue weighted by Crippen LogP contribution is -2.14. The van der Waals surface area contributed by atoms with Gasteiger partial charge in [-0.05, 0) is 239 Å². The third-order valence-corrected chi connectivity index (χ3v) is 24.6. The van der Waals surface area contributed by atoms with E-state index in [1.54, 1.807) is 0 Å². The lowest BCUT2D eigenvalue weighted by atomic mass is 9.81. The fourth-order valence-corrected chi connectivity index (χ4v) is 19.5. The summed E-state index contributed by atoms with van der Waals surface area (Å²) in [6.45, 7) is 9.40. The summed E-state index contributed by atoms with van der Waals surface area (Å²) in [5.74, 6) is 0. The molecule has 2 aliphatic carbocycles. The van der Waals surface area contributed by atoms with Gasteiger partial charge in [-0.2, -0.15) is 0 Å². The predicted molar refractivity (Wildman–Crippen MR) is 460 cm³/mol. The van der Waals surface area contributed by atoms with Crippen LogP contribution in [0.15, 0.2) is 357 Å². The van der Waals surface area contributed by atoms with Crippen LogP contribution in [-0.4, -0.2) is 0 Å². The number of furan rings is 4. The average Bonchev–Trinajstić information content (AvgIpc) is 1.46. The normalized spacial score (nSPS) is 13.4. The number of hydrogen-bond donors (Lipinski definition) is 0. The van der Waals surface area contributed by atoms with E-state index >= 15 is 0 Å². The zero-order chi connectivity index (χ0) is 72.8. The Bertz CT molecular complexity index is 7390. The van der Waals surface area contributed by atoms with E-state index in [9.17, 15) is 0 Å². The minimum atomic E-state index is -0.0658. The van der Waals surface area contributed by atoms with Crippen LogP contribution in [-0.2, 0) is 10.8 Å². The zero-order valence-corrected chi connectivity index (χ0v) is 61.0. The van der Waals surface area contributed by atoms with Gasteiger partial charge in [0.25, 0.3) is 0 Å². The quantitative estimate of drug-likeness (QED) is 0.156. The van der Waals surface area contributed by atoms with E-state index in [1.165, 1.54) is 154 Å². The highest BCUT2D eigenvalue weighted by molar-refractivity contribution is 6.25. The van der Waals surface area contributed by atoms with Gasteiger partial charge in [0.1, 0.15) is 44.7 Å². The summed E-state index contributed by atoms with van der Waals surface area (Å²) < 4.78 is 25.3. The molecule has 4 nitrogen and oxygen atoms in total. The van der Waals surface area contributed by atoms with E-state index in [1.807, 2.05) is 36.4 Å². The highest BCUT2D eigenvalue weighted by atomic mass is 16.3. The van der Waals surface area contributed by atoms with Crippen LogP contribution >= 0.6 is 0 Å². The van der Waals surface area contributed by atoms with Crippen LogP contribution in [0.2, 0.25) is 0 Å². The average molecular weight is 1410 g/mol. The summed E-state index contributed by atoms with van der Waals surface area (Å²) in [6, 6.07) is 124. The molecule has 0 aliphatic heterocycles. The van der Waals surface area contributed by atoms with Gasteiger partial charge in [-0.25, -0.2) is 0 Å². The summed E-state index contributed by atoms with van der Waals surface area (Å²) in [5, 5.41) is 18.9. The fourth-order valence-electron chi connectivity index (χ4n) is 19.5. The Balaban J connectivity index is 0.000000132. The van der Waals surface area contributed by atoms with Gasteiger partial charge in [0.05, 0.1) is 0 Å². The Morgan fingerprint density at radius 3 is 0.873 bits per heavy atom. The maximum Gasteiger partial charge on any atom is 0.136 e. The molecule has 0 saturated carbocycles. The fraction of sp³-hybridized carbons (Fsp3) is 0.0566. The largest absolute Gasteiger partial charge is 0.456 e. The molecule has 4 aromatic heterocycles. The molecule has 0 unspecified atom stereocenters. The first-order valence-electron chi connectivity index (χ1n) is 38.2. The number of fused-ring (bicyclic) bond motifs is 22. The molecule has 22 aromatic rings. The minimum absolute atomic E-state index is 0.0581. The molecule has 0 saturated heterocycles. The van der Waals surface area contributed by atoms with E-state index in [4.69, 9.17) is 17.7 Å². The highest BCUT2D eigenvalue weighted by Gasteiger charge is 2.37. The van der Waals surface area contributed by atoms with Crippen LogP contribution in [0.25, 0.3) is 220 Å².